The summed E-state index contributed by atoms with van der Waals surface area (Å²) in [5.74, 6) is 0.629. The van der Waals surface area contributed by atoms with E-state index in [1.54, 1.807) is 30.3 Å². The minimum Gasteiger partial charge on any atom is -0.486 e. The summed E-state index contributed by atoms with van der Waals surface area (Å²) in [7, 11) is 0. The zero-order valence-corrected chi connectivity index (χ0v) is 13.6. The number of carbonyl (C=O) groups is 2. The second kappa shape index (κ2) is 7.57. The Bertz CT molecular complexity index is 781. The maximum absolute atomic E-state index is 12.1. The summed E-state index contributed by atoms with van der Waals surface area (Å²) >= 11 is 0. The Labute approximate surface area is 144 Å². The molecule has 1 amide bonds. The average molecular weight is 343 g/mol. The zero-order valence-electron chi connectivity index (χ0n) is 13.6. The van der Waals surface area contributed by atoms with Gasteiger partial charge in [0.05, 0.1) is 6.26 Å². The number of ether oxygens (including phenoxy) is 3. The van der Waals surface area contributed by atoms with Crippen LogP contribution in [0, 0.1) is 0 Å². The van der Waals surface area contributed by atoms with Crippen molar-refractivity contribution in [1.82, 2.24) is 0 Å². The fourth-order valence-electron chi connectivity index (χ4n) is 2.17. The first-order valence-corrected chi connectivity index (χ1v) is 7.74. The summed E-state index contributed by atoms with van der Waals surface area (Å²) in [5.41, 5.74) is 0.531. The quantitative estimate of drug-likeness (QED) is 0.663. The molecule has 1 unspecified atom stereocenters. The van der Waals surface area contributed by atoms with E-state index in [0.29, 0.717) is 36.2 Å². The van der Waals surface area contributed by atoms with Crippen molar-refractivity contribution in [2.45, 2.75) is 13.0 Å². The maximum Gasteiger partial charge on any atom is 0.331 e. The highest BCUT2D eigenvalue weighted by Crippen LogP contribution is 2.32. The first-order valence-electron chi connectivity index (χ1n) is 7.74. The van der Waals surface area contributed by atoms with E-state index in [2.05, 4.69) is 5.32 Å². The number of fused-ring (bicyclic) bond motifs is 1. The lowest BCUT2D eigenvalue weighted by Gasteiger charge is -2.19. The second-order valence-electron chi connectivity index (χ2n) is 5.28. The maximum atomic E-state index is 12.1. The third kappa shape index (κ3) is 4.41. The highest BCUT2D eigenvalue weighted by atomic mass is 16.6. The summed E-state index contributed by atoms with van der Waals surface area (Å²) in [5, 5.41) is 2.67. The summed E-state index contributed by atoms with van der Waals surface area (Å²) < 4.78 is 21.0. The minimum absolute atomic E-state index is 0.448. The van der Waals surface area contributed by atoms with Crippen molar-refractivity contribution in [3.8, 4) is 11.5 Å². The van der Waals surface area contributed by atoms with Crippen LogP contribution in [-0.2, 0) is 14.3 Å². The summed E-state index contributed by atoms with van der Waals surface area (Å²) in [6, 6.07) is 8.47. The molecule has 1 aromatic carbocycles. The van der Waals surface area contributed by atoms with E-state index in [1.165, 1.54) is 25.3 Å². The van der Waals surface area contributed by atoms with Crippen LogP contribution in [0.15, 0.2) is 47.1 Å². The van der Waals surface area contributed by atoms with Gasteiger partial charge in [-0.1, -0.05) is 0 Å². The van der Waals surface area contributed by atoms with Gasteiger partial charge in [-0.25, -0.2) is 4.79 Å². The molecule has 1 aromatic heterocycles. The largest absolute Gasteiger partial charge is 0.486 e. The molecule has 0 radical (unpaired) electrons. The van der Waals surface area contributed by atoms with Crippen molar-refractivity contribution >= 4 is 23.6 Å². The van der Waals surface area contributed by atoms with Crippen molar-refractivity contribution < 1.29 is 28.2 Å². The fraction of sp³-hybridized carbons (Fsp3) is 0.222. The molecule has 1 atom stereocenters. The monoisotopic (exact) mass is 343 g/mol. The SMILES string of the molecule is CC(OC(=O)/C=C/c1ccco1)C(=O)Nc1ccc2c(c1)OCCO2. The second-order valence-corrected chi connectivity index (χ2v) is 5.28. The lowest BCUT2D eigenvalue weighted by Crippen LogP contribution is -2.29. The fourth-order valence-corrected chi connectivity index (χ4v) is 2.17. The molecule has 2 aromatic rings. The molecule has 0 saturated carbocycles. The number of furan rings is 1. The third-order valence-corrected chi connectivity index (χ3v) is 3.40. The number of rotatable bonds is 5. The molecule has 7 nitrogen and oxygen atoms in total. The standard InChI is InChI=1S/C18H17NO6/c1-12(25-17(20)7-5-14-3-2-8-22-14)18(21)19-13-4-6-15-16(11-13)24-10-9-23-15/h2-8,11-12H,9-10H2,1H3,(H,19,21)/b7-5+. The van der Waals surface area contributed by atoms with Gasteiger partial charge in [0.25, 0.3) is 5.91 Å². The van der Waals surface area contributed by atoms with Gasteiger partial charge in [-0.3, -0.25) is 4.79 Å². The number of hydrogen-bond acceptors (Lipinski definition) is 6. The molecule has 1 N–H and O–H groups in total. The van der Waals surface area contributed by atoms with Gasteiger partial charge in [-0.15, -0.1) is 0 Å². The molecule has 0 bridgehead atoms. The Hall–Kier alpha value is -3.22. The first kappa shape index (κ1) is 16.6. The number of esters is 1. The Morgan fingerprint density at radius 2 is 2.00 bits per heavy atom. The van der Waals surface area contributed by atoms with Crippen molar-refractivity contribution in [3.05, 3.63) is 48.4 Å². The van der Waals surface area contributed by atoms with E-state index in [1.807, 2.05) is 0 Å². The molecule has 1 aliphatic heterocycles. The first-order chi connectivity index (χ1) is 12.1. The number of benzene rings is 1. The molecular weight excluding hydrogens is 326 g/mol. The van der Waals surface area contributed by atoms with Crippen LogP contribution in [0.2, 0.25) is 0 Å². The Morgan fingerprint density at radius 3 is 2.76 bits per heavy atom. The van der Waals surface area contributed by atoms with Gasteiger partial charge in [-0.2, -0.15) is 0 Å². The molecule has 2 heterocycles. The number of hydrogen-bond donors (Lipinski definition) is 1. The van der Waals surface area contributed by atoms with Gasteiger partial charge >= 0.3 is 5.97 Å². The van der Waals surface area contributed by atoms with Gasteiger partial charge in [0, 0.05) is 17.8 Å². The topological polar surface area (TPSA) is 87.0 Å². The van der Waals surface area contributed by atoms with E-state index in [-0.39, 0.29) is 0 Å². The summed E-state index contributed by atoms with van der Waals surface area (Å²) in [6.45, 7) is 2.45. The molecule has 0 saturated heterocycles. The van der Waals surface area contributed by atoms with Crippen LogP contribution in [0.5, 0.6) is 11.5 Å². The van der Waals surface area contributed by atoms with Crippen molar-refractivity contribution in [2.24, 2.45) is 0 Å². The molecule has 130 valence electrons. The predicted octanol–water partition coefficient (Wildman–Crippen LogP) is 2.63. The molecule has 0 aliphatic carbocycles. The molecule has 1 aliphatic rings. The lowest BCUT2D eigenvalue weighted by molar-refractivity contribution is -0.148. The lowest BCUT2D eigenvalue weighted by atomic mass is 10.2. The normalized spacial score (nSPS) is 14.1. The van der Waals surface area contributed by atoms with E-state index < -0.39 is 18.0 Å². The van der Waals surface area contributed by atoms with Gasteiger partial charge < -0.3 is 23.9 Å². The van der Waals surface area contributed by atoms with E-state index in [4.69, 9.17) is 18.6 Å². The minimum atomic E-state index is -0.957. The number of nitrogens with one attached hydrogen (secondary N) is 1. The third-order valence-electron chi connectivity index (χ3n) is 3.40. The van der Waals surface area contributed by atoms with E-state index >= 15 is 0 Å². The van der Waals surface area contributed by atoms with Crippen LogP contribution in [0.1, 0.15) is 12.7 Å². The van der Waals surface area contributed by atoms with Crippen LogP contribution in [0.25, 0.3) is 6.08 Å². The number of anilines is 1. The van der Waals surface area contributed by atoms with E-state index in [0.717, 1.165) is 0 Å². The Morgan fingerprint density at radius 1 is 1.20 bits per heavy atom. The highest BCUT2D eigenvalue weighted by molar-refractivity contribution is 5.96. The molecule has 25 heavy (non-hydrogen) atoms. The number of amides is 1. The van der Waals surface area contributed by atoms with Crippen LogP contribution < -0.4 is 14.8 Å². The van der Waals surface area contributed by atoms with Gasteiger partial charge in [0.1, 0.15) is 19.0 Å². The molecule has 7 heteroatoms. The smallest absolute Gasteiger partial charge is 0.331 e. The number of carbonyl (C=O) groups excluding carboxylic acids is 2. The van der Waals surface area contributed by atoms with Crippen molar-refractivity contribution in [1.29, 1.82) is 0 Å². The van der Waals surface area contributed by atoms with Crippen LogP contribution in [0.3, 0.4) is 0 Å². The highest BCUT2D eigenvalue weighted by Gasteiger charge is 2.18. The Kier molecular flexibility index (Phi) is 5.03. The van der Waals surface area contributed by atoms with Crippen LogP contribution in [-0.4, -0.2) is 31.2 Å². The summed E-state index contributed by atoms with van der Waals surface area (Å²) in [6.07, 6.45) is 3.21. The average Bonchev–Trinajstić information content (AvgIpc) is 3.13. The van der Waals surface area contributed by atoms with Crippen LogP contribution in [0.4, 0.5) is 5.69 Å². The van der Waals surface area contributed by atoms with E-state index in [9.17, 15) is 9.59 Å². The van der Waals surface area contributed by atoms with Crippen molar-refractivity contribution in [2.75, 3.05) is 18.5 Å². The summed E-state index contributed by atoms with van der Waals surface area (Å²) in [4.78, 5) is 23.9. The molecular formula is C18H17NO6. The molecule has 3 rings (SSSR count). The van der Waals surface area contributed by atoms with Gasteiger partial charge in [0.2, 0.25) is 0 Å². The Balaban J connectivity index is 1.54. The zero-order chi connectivity index (χ0) is 17.6. The van der Waals surface area contributed by atoms with Gasteiger partial charge in [-0.05, 0) is 37.3 Å². The van der Waals surface area contributed by atoms with Crippen LogP contribution >= 0.6 is 0 Å². The molecule has 0 spiro atoms. The van der Waals surface area contributed by atoms with Gasteiger partial charge in [0.15, 0.2) is 17.6 Å². The molecule has 0 fully saturated rings. The van der Waals surface area contributed by atoms with Crippen molar-refractivity contribution in [3.63, 3.8) is 0 Å². The predicted molar refractivity (Wildman–Crippen MR) is 89.4 cm³/mol.